The first-order chi connectivity index (χ1) is 19.0. The van der Waals surface area contributed by atoms with Crippen molar-refractivity contribution in [2.24, 2.45) is 12.8 Å². The fourth-order valence-electron chi connectivity index (χ4n) is 4.79. The second-order valence-corrected chi connectivity index (χ2v) is 10.6. The van der Waals surface area contributed by atoms with Crippen LogP contribution in [0.4, 0.5) is 5.95 Å². The molecule has 2 N–H and O–H groups in total. The lowest BCUT2D eigenvalue weighted by Gasteiger charge is -2.31. The standard InChI is InChI=1S/C26H34N6O7S/c1-16(2)9-11-31-22-23(28-25(31)30-10-5-6-19(27)13-30)29(3)26(35)32(24(22)34)14-20(33)17-7-8-21(38-4)18(12-17)15-39-40(36)37/h7-9,12,19H,5-6,10-11,13-15,27H2,1-4H3,(H,36,37)/p-1. The van der Waals surface area contributed by atoms with E-state index in [9.17, 15) is 23.1 Å². The number of aromatic nitrogens is 4. The van der Waals surface area contributed by atoms with Crippen molar-refractivity contribution in [2.45, 2.75) is 52.4 Å². The number of ketones is 1. The largest absolute Gasteiger partial charge is 0.750 e. The Hall–Kier alpha value is -3.59. The molecule has 3 heterocycles. The second-order valence-electron chi connectivity index (χ2n) is 9.97. The van der Waals surface area contributed by atoms with Gasteiger partial charge in [-0.1, -0.05) is 11.6 Å². The number of benzene rings is 1. The summed E-state index contributed by atoms with van der Waals surface area (Å²) in [4.78, 5) is 47.1. The smallest absolute Gasteiger partial charge is 0.332 e. The Morgan fingerprint density at radius 1 is 1.27 bits per heavy atom. The lowest BCUT2D eigenvalue weighted by molar-refractivity contribution is 0.0968. The summed E-state index contributed by atoms with van der Waals surface area (Å²) in [6, 6.07) is 4.35. The molecular formula is C26H33N6O7S-. The maximum atomic E-state index is 13.8. The molecule has 1 aliphatic heterocycles. The van der Waals surface area contributed by atoms with Crippen molar-refractivity contribution in [1.29, 1.82) is 0 Å². The van der Waals surface area contributed by atoms with Gasteiger partial charge in [-0.2, -0.15) is 4.98 Å². The topological polar surface area (TPSA) is 167 Å². The van der Waals surface area contributed by atoms with Crippen LogP contribution >= 0.6 is 0 Å². The molecule has 0 spiro atoms. The van der Waals surface area contributed by atoms with E-state index in [4.69, 9.17) is 15.5 Å². The quantitative estimate of drug-likeness (QED) is 0.210. The number of Topliss-reactive ketones (excluding diaryl/α,β-unsaturated/α-hetero) is 1. The van der Waals surface area contributed by atoms with Gasteiger partial charge in [-0.25, -0.2) is 9.00 Å². The Labute approximate surface area is 233 Å². The van der Waals surface area contributed by atoms with E-state index in [1.165, 1.54) is 36.9 Å². The summed E-state index contributed by atoms with van der Waals surface area (Å²) in [5, 5.41) is 0. The minimum atomic E-state index is -2.76. The third-order valence-corrected chi connectivity index (χ3v) is 7.16. The molecule has 2 unspecified atom stereocenters. The first kappa shape index (κ1) is 29.4. The number of aryl methyl sites for hydroxylation is 1. The molecule has 0 saturated carbocycles. The van der Waals surface area contributed by atoms with Crippen molar-refractivity contribution in [3.8, 4) is 5.75 Å². The molecule has 0 aliphatic carbocycles. The van der Waals surface area contributed by atoms with Crippen molar-refractivity contribution >= 4 is 34.3 Å². The van der Waals surface area contributed by atoms with Gasteiger partial charge in [0.15, 0.2) is 16.9 Å². The highest BCUT2D eigenvalue weighted by atomic mass is 32.2. The highest BCUT2D eigenvalue weighted by Gasteiger charge is 2.26. The molecule has 14 heteroatoms. The van der Waals surface area contributed by atoms with Crippen molar-refractivity contribution in [3.63, 3.8) is 0 Å². The molecule has 40 heavy (non-hydrogen) atoms. The van der Waals surface area contributed by atoms with Gasteiger partial charge < -0.3 is 24.5 Å². The Morgan fingerprint density at radius 3 is 2.67 bits per heavy atom. The fourth-order valence-corrected chi connectivity index (χ4v) is 5.01. The summed E-state index contributed by atoms with van der Waals surface area (Å²) >= 11 is -2.76. The van der Waals surface area contributed by atoms with Crippen LogP contribution in [0.15, 0.2) is 39.4 Å². The van der Waals surface area contributed by atoms with Crippen LogP contribution < -0.4 is 26.6 Å². The number of carbonyl (C=O) groups is 1. The van der Waals surface area contributed by atoms with Gasteiger partial charge in [0.25, 0.3) is 5.56 Å². The highest BCUT2D eigenvalue weighted by Crippen LogP contribution is 2.24. The number of nitrogens with two attached hydrogens (primary N) is 1. The number of nitrogens with zero attached hydrogens (tertiary/aromatic N) is 5. The number of carbonyl (C=O) groups excluding carboxylic acids is 1. The average Bonchev–Trinajstić information content (AvgIpc) is 3.31. The number of allylic oxidation sites excluding steroid dienone is 2. The van der Waals surface area contributed by atoms with Crippen LogP contribution in [0.25, 0.3) is 11.2 Å². The lowest BCUT2D eigenvalue weighted by atomic mass is 10.1. The Bertz CT molecular complexity index is 1600. The van der Waals surface area contributed by atoms with Crippen LogP contribution in [0.3, 0.4) is 0 Å². The summed E-state index contributed by atoms with van der Waals surface area (Å²) in [7, 11) is 2.91. The Morgan fingerprint density at radius 2 is 2.02 bits per heavy atom. The maximum absolute atomic E-state index is 13.8. The molecule has 2 aromatic heterocycles. The van der Waals surface area contributed by atoms with Gasteiger partial charge in [0.2, 0.25) is 5.95 Å². The average molecular weight is 574 g/mol. The molecule has 4 rings (SSSR count). The van der Waals surface area contributed by atoms with Crippen LogP contribution in [0.2, 0.25) is 0 Å². The zero-order valence-electron chi connectivity index (χ0n) is 22.9. The molecule has 1 aromatic carbocycles. The van der Waals surface area contributed by atoms with E-state index in [1.54, 1.807) is 4.57 Å². The lowest BCUT2D eigenvalue weighted by Crippen LogP contribution is -2.44. The summed E-state index contributed by atoms with van der Waals surface area (Å²) in [5.74, 6) is 0.349. The first-order valence-corrected chi connectivity index (χ1v) is 13.8. The van der Waals surface area contributed by atoms with E-state index < -0.39 is 34.9 Å². The number of methoxy groups -OCH3 is 1. The number of ether oxygens (including phenoxy) is 1. The Balaban J connectivity index is 1.80. The molecule has 1 aliphatic rings. The van der Waals surface area contributed by atoms with E-state index in [0.29, 0.717) is 30.4 Å². The third kappa shape index (κ3) is 6.09. The highest BCUT2D eigenvalue weighted by molar-refractivity contribution is 7.74. The number of fused-ring (bicyclic) bond motifs is 1. The van der Waals surface area contributed by atoms with E-state index in [1.807, 2.05) is 24.8 Å². The molecule has 0 amide bonds. The molecule has 2 atom stereocenters. The van der Waals surface area contributed by atoms with E-state index in [2.05, 4.69) is 4.18 Å². The van der Waals surface area contributed by atoms with E-state index in [-0.39, 0.29) is 29.4 Å². The van der Waals surface area contributed by atoms with Crippen LogP contribution in [0.1, 0.15) is 42.6 Å². The molecule has 13 nitrogen and oxygen atoms in total. The van der Waals surface area contributed by atoms with Gasteiger partial charge >= 0.3 is 5.69 Å². The van der Waals surface area contributed by atoms with Crippen molar-refractivity contribution in [3.05, 3.63) is 61.8 Å². The number of hydrogen-bond donors (Lipinski definition) is 1. The van der Waals surface area contributed by atoms with Crippen molar-refractivity contribution in [1.82, 2.24) is 18.7 Å². The van der Waals surface area contributed by atoms with Gasteiger partial charge in [0, 0.05) is 43.9 Å². The van der Waals surface area contributed by atoms with Crippen molar-refractivity contribution in [2.75, 3.05) is 25.1 Å². The number of imidazole rings is 1. The normalized spacial score (nSPS) is 16.2. The minimum absolute atomic E-state index is 0.0306. The maximum Gasteiger partial charge on any atom is 0.332 e. The third-order valence-electron chi connectivity index (χ3n) is 6.85. The molecule has 0 bridgehead atoms. The molecular weight excluding hydrogens is 540 g/mol. The van der Waals surface area contributed by atoms with Crippen LogP contribution in [-0.4, -0.2) is 59.5 Å². The number of hydrogen-bond acceptors (Lipinski definition) is 10. The summed E-state index contributed by atoms with van der Waals surface area (Å²) < 4.78 is 35.5. The number of rotatable bonds is 10. The minimum Gasteiger partial charge on any atom is -0.750 e. The predicted octanol–water partition coefficient (Wildman–Crippen LogP) is 0.993. The fraction of sp³-hybridized carbons (Fsp3) is 0.462. The summed E-state index contributed by atoms with van der Waals surface area (Å²) in [6.45, 7) is 4.67. The van der Waals surface area contributed by atoms with Gasteiger partial charge in [-0.15, -0.1) is 0 Å². The number of anilines is 1. The molecule has 216 valence electrons. The molecule has 3 aromatic rings. The van der Waals surface area contributed by atoms with Gasteiger partial charge in [0.1, 0.15) is 5.75 Å². The van der Waals surface area contributed by atoms with Crippen LogP contribution in [-0.2, 0) is 42.3 Å². The number of piperidine rings is 1. The van der Waals surface area contributed by atoms with E-state index in [0.717, 1.165) is 29.5 Å². The molecule has 1 fully saturated rings. The first-order valence-electron chi connectivity index (χ1n) is 12.8. The monoisotopic (exact) mass is 573 g/mol. The van der Waals surface area contributed by atoms with Crippen molar-refractivity contribution < 1.29 is 22.5 Å². The summed E-state index contributed by atoms with van der Waals surface area (Å²) in [6.07, 6.45) is 3.74. The molecule has 1 saturated heterocycles. The molecule has 0 radical (unpaired) electrons. The Kier molecular flexibility index (Phi) is 9.03. The van der Waals surface area contributed by atoms with Gasteiger partial charge in [0.05, 0.1) is 31.6 Å². The van der Waals surface area contributed by atoms with Gasteiger partial charge in [-0.05, 0) is 44.9 Å². The van der Waals surface area contributed by atoms with Crippen LogP contribution in [0.5, 0.6) is 5.75 Å². The zero-order valence-corrected chi connectivity index (χ0v) is 23.7. The van der Waals surface area contributed by atoms with Gasteiger partial charge in [-0.3, -0.25) is 22.9 Å². The van der Waals surface area contributed by atoms with E-state index >= 15 is 0 Å². The predicted molar refractivity (Wildman–Crippen MR) is 149 cm³/mol. The SMILES string of the molecule is COc1ccc(C(=O)Cn2c(=O)c3c(nc(N4CCCC(N)C4)n3CC=C(C)C)n(C)c2=O)cc1COS(=O)[O-]. The second kappa shape index (κ2) is 12.3. The zero-order chi connectivity index (χ0) is 29.1. The summed E-state index contributed by atoms with van der Waals surface area (Å²) in [5.41, 5.74) is 6.86. The van der Waals surface area contributed by atoms with Crippen LogP contribution in [0, 0.1) is 0 Å².